The minimum Gasteiger partial charge on any atom is -0.292 e. The molecule has 0 unspecified atom stereocenters. The fraction of sp³-hybridized carbons (Fsp3) is 0.375. The summed E-state index contributed by atoms with van der Waals surface area (Å²) in [6.07, 6.45) is 0. The minimum atomic E-state index is 0.0419. The van der Waals surface area contributed by atoms with E-state index in [1.807, 2.05) is 58.0 Å². The van der Waals surface area contributed by atoms with Gasteiger partial charge in [0.05, 0.1) is 29.0 Å². The van der Waals surface area contributed by atoms with Crippen LogP contribution in [0.3, 0.4) is 0 Å². The van der Waals surface area contributed by atoms with Crippen molar-refractivity contribution in [2.24, 2.45) is 0 Å². The molecule has 0 aliphatic carbocycles. The molecule has 0 amide bonds. The second-order valence-corrected chi connectivity index (χ2v) is 5.19. The summed E-state index contributed by atoms with van der Waals surface area (Å²) < 4.78 is 5.61. The van der Waals surface area contributed by atoms with E-state index >= 15 is 0 Å². The summed E-state index contributed by atoms with van der Waals surface area (Å²) in [7, 11) is 0. The van der Waals surface area contributed by atoms with Crippen LogP contribution in [0, 0.1) is 6.92 Å². The Hall–Kier alpha value is -2.30. The number of hydrogen-bond acceptors (Lipinski definition) is 2. The Morgan fingerprint density at radius 1 is 1.05 bits per heavy atom. The van der Waals surface area contributed by atoms with Crippen LogP contribution in [0.25, 0.3) is 11.0 Å². The number of aromatic nitrogens is 4. The smallest absolute Gasteiger partial charge is 0.292 e. The zero-order chi connectivity index (χ0) is 15.0. The van der Waals surface area contributed by atoms with E-state index in [0.717, 1.165) is 29.0 Å². The first kappa shape index (κ1) is 13.7. The van der Waals surface area contributed by atoms with Gasteiger partial charge < -0.3 is 0 Å². The summed E-state index contributed by atoms with van der Waals surface area (Å²) in [6, 6.07) is 9.99. The number of para-hydroxylation sites is 2. The fourth-order valence-electron chi connectivity index (χ4n) is 2.89. The van der Waals surface area contributed by atoms with Gasteiger partial charge in [0.15, 0.2) is 0 Å². The largest absolute Gasteiger partial charge is 0.329 e. The number of benzene rings is 1. The second-order valence-electron chi connectivity index (χ2n) is 5.19. The Morgan fingerprint density at radius 2 is 1.71 bits per heavy atom. The van der Waals surface area contributed by atoms with Crippen LogP contribution in [0.2, 0.25) is 0 Å². The van der Waals surface area contributed by atoms with Crippen molar-refractivity contribution in [3.8, 4) is 0 Å². The van der Waals surface area contributed by atoms with E-state index < -0.39 is 0 Å². The lowest BCUT2D eigenvalue weighted by atomic mass is 10.3. The predicted molar refractivity (Wildman–Crippen MR) is 83.6 cm³/mol. The molecule has 5 nitrogen and oxygen atoms in total. The van der Waals surface area contributed by atoms with Crippen molar-refractivity contribution in [3.05, 3.63) is 52.2 Å². The molecule has 2 heterocycles. The van der Waals surface area contributed by atoms with Gasteiger partial charge in [0.25, 0.3) is 0 Å². The first-order valence-electron chi connectivity index (χ1n) is 7.37. The van der Waals surface area contributed by atoms with Crippen molar-refractivity contribution in [1.82, 2.24) is 18.9 Å². The third kappa shape index (κ3) is 2.18. The normalized spacial score (nSPS) is 11.4. The first-order chi connectivity index (χ1) is 10.2. The minimum absolute atomic E-state index is 0.0419. The average molecular weight is 284 g/mol. The van der Waals surface area contributed by atoms with Gasteiger partial charge in [0.1, 0.15) is 0 Å². The molecular formula is C16H20N4O. The molecule has 110 valence electrons. The molecule has 0 saturated carbocycles. The molecule has 0 N–H and O–H groups in total. The molecule has 0 fully saturated rings. The van der Waals surface area contributed by atoms with Crippen molar-refractivity contribution in [2.45, 2.75) is 40.4 Å². The number of aryl methyl sites for hydroxylation is 3. The molecule has 2 aromatic heterocycles. The molecule has 3 aromatic rings. The van der Waals surface area contributed by atoms with Crippen LogP contribution >= 0.6 is 0 Å². The van der Waals surface area contributed by atoms with E-state index in [9.17, 15) is 4.79 Å². The maximum atomic E-state index is 12.6. The SMILES string of the molecule is CCn1nc(C)cc1Cn1c(=O)n(CC)c2ccccc21. The van der Waals surface area contributed by atoms with E-state index in [1.54, 1.807) is 0 Å². The van der Waals surface area contributed by atoms with Crippen LogP contribution in [-0.2, 0) is 19.6 Å². The van der Waals surface area contributed by atoms with E-state index in [-0.39, 0.29) is 5.69 Å². The molecule has 5 heteroatoms. The molecule has 21 heavy (non-hydrogen) atoms. The average Bonchev–Trinajstić information content (AvgIpc) is 2.98. The number of rotatable bonds is 4. The van der Waals surface area contributed by atoms with Crippen molar-refractivity contribution in [1.29, 1.82) is 0 Å². The monoisotopic (exact) mass is 284 g/mol. The quantitative estimate of drug-likeness (QED) is 0.738. The molecule has 1 aromatic carbocycles. The third-order valence-electron chi connectivity index (χ3n) is 3.85. The van der Waals surface area contributed by atoms with Crippen LogP contribution in [0.4, 0.5) is 0 Å². The van der Waals surface area contributed by atoms with Crippen LogP contribution in [0.5, 0.6) is 0 Å². The third-order valence-corrected chi connectivity index (χ3v) is 3.85. The van der Waals surface area contributed by atoms with Crippen LogP contribution in [0.1, 0.15) is 25.2 Å². The number of fused-ring (bicyclic) bond motifs is 1. The Balaban J connectivity index is 2.16. The molecule has 0 spiro atoms. The molecule has 0 bridgehead atoms. The Labute approximate surface area is 123 Å². The van der Waals surface area contributed by atoms with Gasteiger partial charge >= 0.3 is 5.69 Å². The van der Waals surface area contributed by atoms with Crippen LogP contribution < -0.4 is 5.69 Å². The summed E-state index contributed by atoms with van der Waals surface area (Å²) in [4.78, 5) is 12.6. The molecule has 0 radical (unpaired) electrons. The lowest BCUT2D eigenvalue weighted by molar-refractivity contribution is 0.589. The van der Waals surface area contributed by atoms with Gasteiger partial charge in [-0.25, -0.2) is 4.79 Å². The van der Waals surface area contributed by atoms with Gasteiger partial charge in [-0.2, -0.15) is 5.10 Å². The zero-order valence-corrected chi connectivity index (χ0v) is 12.7. The molecule has 0 aliphatic rings. The number of nitrogens with zero attached hydrogens (tertiary/aromatic N) is 4. The summed E-state index contributed by atoms with van der Waals surface area (Å²) in [5, 5.41) is 4.46. The Bertz CT molecular complexity index is 838. The van der Waals surface area contributed by atoms with E-state index in [4.69, 9.17) is 0 Å². The van der Waals surface area contributed by atoms with Crippen molar-refractivity contribution < 1.29 is 0 Å². The molecular weight excluding hydrogens is 264 g/mol. The lowest BCUT2D eigenvalue weighted by Gasteiger charge is -2.05. The maximum Gasteiger partial charge on any atom is 0.329 e. The van der Waals surface area contributed by atoms with Crippen LogP contribution in [0.15, 0.2) is 35.1 Å². The van der Waals surface area contributed by atoms with E-state index in [0.29, 0.717) is 13.1 Å². The molecule has 0 saturated heterocycles. The second kappa shape index (κ2) is 5.24. The van der Waals surface area contributed by atoms with Crippen molar-refractivity contribution >= 4 is 11.0 Å². The zero-order valence-electron chi connectivity index (χ0n) is 12.7. The highest BCUT2D eigenvalue weighted by molar-refractivity contribution is 5.76. The lowest BCUT2D eigenvalue weighted by Crippen LogP contribution is -2.25. The van der Waals surface area contributed by atoms with E-state index in [1.165, 1.54) is 0 Å². The van der Waals surface area contributed by atoms with Crippen molar-refractivity contribution in [3.63, 3.8) is 0 Å². The first-order valence-corrected chi connectivity index (χ1v) is 7.37. The Kier molecular flexibility index (Phi) is 3.41. The molecule has 0 atom stereocenters. The fourth-order valence-corrected chi connectivity index (χ4v) is 2.89. The van der Waals surface area contributed by atoms with Crippen molar-refractivity contribution in [2.75, 3.05) is 0 Å². The van der Waals surface area contributed by atoms with Gasteiger partial charge in [-0.1, -0.05) is 12.1 Å². The van der Waals surface area contributed by atoms with E-state index in [2.05, 4.69) is 12.0 Å². The maximum absolute atomic E-state index is 12.6. The predicted octanol–water partition coefficient (Wildman–Crippen LogP) is 2.40. The molecule has 3 rings (SSSR count). The topological polar surface area (TPSA) is 44.8 Å². The van der Waals surface area contributed by atoms with Gasteiger partial charge in [-0.05, 0) is 39.0 Å². The van der Waals surface area contributed by atoms with Gasteiger partial charge in [0, 0.05) is 13.1 Å². The standard InChI is InChI=1S/C16H20N4O/c1-4-18-14-8-6-7-9-15(14)19(16(18)21)11-13-10-12(3)17-20(13)5-2/h6-10H,4-5,11H2,1-3H3. The Morgan fingerprint density at radius 3 is 2.33 bits per heavy atom. The highest BCUT2D eigenvalue weighted by atomic mass is 16.1. The number of imidazole rings is 1. The van der Waals surface area contributed by atoms with Gasteiger partial charge in [-0.15, -0.1) is 0 Å². The highest BCUT2D eigenvalue weighted by Gasteiger charge is 2.13. The summed E-state index contributed by atoms with van der Waals surface area (Å²) in [6.45, 7) is 8.09. The van der Waals surface area contributed by atoms with Gasteiger partial charge in [0.2, 0.25) is 0 Å². The van der Waals surface area contributed by atoms with Crippen LogP contribution in [-0.4, -0.2) is 18.9 Å². The van der Waals surface area contributed by atoms with Gasteiger partial charge in [-0.3, -0.25) is 13.8 Å². The summed E-state index contributed by atoms with van der Waals surface area (Å²) >= 11 is 0. The number of hydrogen-bond donors (Lipinski definition) is 0. The highest BCUT2D eigenvalue weighted by Crippen LogP contribution is 2.15. The summed E-state index contributed by atoms with van der Waals surface area (Å²) in [5.74, 6) is 0. The molecule has 0 aliphatic heterocycles. The summed E-state index contributed by atoms with van der Waals surface area (Å²) in [5.41, 5.74) is 4.06.